The summed E-state index contributed by atoms with van der Waals surface area (Å²) in [4.78, 5) is 11.0. The normalized spacial score (nSPS) is 10.7. The Bertz CT molecular complexity index is 777. The van der Waals surface area contributed by atoms with Crippen LogP contribution >= 0.6 is 11.3 Å². The fourth-order valence-electron chi connectivity index (χ4n) is 1.81. The number of carbonyl (C=O) groups excluding carboxylic acids is 1. The first-order chi connectivity index (χ1) is 10.5. The molecule has 0 aliphatic heterocycles. The third-order valence-corrected chi connectivity index (χ3v) is 3.70. The van der Waals surface area contributed by atoms with Gasteiger partial charge in [-0.3, -0.25) is 16.1 Å². The zero-order valence-corrected chi connectivity index (χ0v) is 16.2. The van der Waals surface area contributed by atoms with Crippen molar-refractivity contribution >= 4 is 27.2 Å². The van der Waals surface area contributed by atoms with E-state index in [1.807, 2.05) is 25.1 Å². The molecule has 0 spiro atoms. The summed E-state index contributed by atoms with van der Waals surface area (Å²) in [5, 5.41) is 9.50. The van der Waals surface area contributed by atoms with E-state index < -0.39 is 0 Å². The molecule has 2 aromatic heterocycles. The van der Waals surface area contributed by atoms with Crippen molar-refractivity contribution in [1.29, 1.82) is 0 Å². The van der Waals surface area contributed by atoms with Crippen LogP contribution in [0.1, 0.15) is 19.6 Å². The summed E-state index contributed by atoms with van der Waals surface area (Å²) in [5.41, 5.74) is 0. The van der Waals surface area contributed by atoms with Crippen LogP contribution in [0.4, 0.5) is 0 Å². The van der Waals surface area contributed by atoms with E-state index >= 15 is 0 Å². The van der Waals surface area contributed by atoms with E-state index in [2.05, 4.69) is 24.3 Å². The molecule has 0 amide bonds. The van der Waals surface area contributed by atoms with Gasteiger partial charge >= 0.3 is 0 Å². The molecule has 0 fully saturated rings. The van der Waals surface area contributed by atoms with E-state index in [1.54, 1.807) is 11.3 Å². The number of aliphatic hydroxyl groups excluding tert-OH is 1. The summed E-state index contributed by atoms with van der Waals surface area (Å²) < 4.78 is 6.75. The third-order valence-electron chi connectivity index (χ3n) is 2.64. The minimum Gasteiger partial charge on any atom is -0.586 e. The maximum absolute atomic E-state index is 10.0. The first-order valence-corrected chi connectivity index (χ1v) is 7.54. The summed E-state index contributed by atoms with van der Waals surface area (Å²) in [6, 6.07) is 16.5. The van der Waals surface area contributed by atoms with E-state index in [0.29, 0.717) is 0 Å². The van der Waals surface area contributed by atoms with Gasteiger partial charge in [0, 0.05) is 26.2 Å². The van der Waals surface area contributed by atoms with Gasteiger partial charge in [0.15, 0.2) is 5.78 Å². The van der Waals surface area contributed by atoms with Crippen molar-refractivity contribution < 1.29 is 34.4 Å². The van der Waals surface area contributed by atoms with Gasteiger partial charge in [-0.2, -0.15) is 12.1 Å². The van der Waals surface area contributed by atoms with Gasteiger partial charge in [0.05, 0.1) is 5.76 Å². The van der Waals surface area contributed by atoms with Crippen LogP contribution in [0.15, 0.2) is 46.6 Å². The van der Waals surface area contributed by atoms with Crippen molar-refractivity contribution in [2.45, 2.75) is 20.8 Å². The molecule has 0 saturated heterocycles. The Hall–Kier alpha value is -1.68. The molecule has 0 unspecified atom stereocenters. The Morgan fingerprint density at radius 1 is 1.30 bits per heavy atom. The van der Waals surface area contributed by atoms with Gasteiger partial charge in [-0.15, -0.1) is 28.5 Å². The molecular weight excluding hydrogens is 488 g/mol. The Balaban J connectivity index is 0.000000287. The number of allylic oxidation sites excluding steroid dienone is 2. The number of aryl methyl sites for hydroxylation is 1. The van der Waals surface area contributed by atoms with Crippen molar-refractivity contribution in [3.05, 3.63) is 60.1 Å². The van der Waals surface area contributed by atoms with Gasteiger partial charge in [-0.05, 0) is 19.6 Å². The van der Waals surface area contributed by atoms with Gasteiger partial charge in [-0.25, -0.2) is 0 Å². The SMILES string of the molecule is CC(=O)/C=C(/C)O.Cc1c[c-]c(-c2[c-]c3ccccc3s2)o1.[Ir]. The molecule has 0 aliphatic carbocycles. The summed E-state index contributed by atoms with van der Waals surface area (Å²) in [7, 11) is 0. The zero-order chi connectivity index (χ0) is 16.1. The van der Waals surface area contributed by atoms with E-state index in [-0.39, 0.29) is 31.6 Å². The Kier molecular flexibility index (Phi) is 7.43. The topological polar surface area (TPSA) is 50.4 Å². The third kappa shape index (κ3) is 5.79. The summed E-state index contributed by atoms with van der Waals surface area (Å²) >= 11 is 1.68. The van der Waals surface area contributed by atoms with Gasteiger partial charge in [0.1, 0.15) is 0 Å². The molecule has 3 nitrogen and oxygen atoms in total. The number of aliphatic hydroxyl groups is 1. The second-order valence-corrected chi connectivity index (χ2v) is 5.83. The van der Waals surface area contributed by atoms with Crippen LogP contribution in [-0.2, 0) is 24.9 Å². The quantitative estimate of drug-likeness (QED) is 0.300. The van der Waals surface area contributed by atoms with E-state index in [0.717, 1.165) is 21.8 Å². The molecule has 123 valence electrons. The average Bonchev–Trinajstić information content (AvgIpc) is 3.03. The van der Waals surface area contributed by atoms with Crippen molar-refractivity contribution in [1.82, 2.24) is 0 Å². The molecule has 0 atom stereocenters. The Morgan fingerprint density at radius 3 is 2.48 bits per heavy atom. The van der Waals surface area contributed by atoms with Gasteiger partial charge in [0.25, 0.3) is 0 Å². The van der Waals surface area contributed by atoms with Crippen LogP contribution in [-0.4, -0.2) is 10.9 Å². The van der Waals surface area contributed by atoms with Crippen LogP contribution in [0, 0.1) is 19.1 Å². The van der Waals surface area contributed by atoms with Crippen LogP contribution in [0.25, 0.3) is 20.7 Å². The number of benzene rings is 1. The number of hydrogen-bond donors (Lipinski definition) is 1. The number of rotatable bonds is 2. The second-order valence-electron chi connectivity index (χ2n) is 4.78. The van der Waals surface area contributed by atoms with E-state index in [4.69, 9.17) is 9.52 Å². The largest absolute Gasteiger partial charge is 0.586 e. The van der Waals surface area contributed by atoms with E-state index in [9.17, 15) is 4.79 Å². The number of furan rings is 1. The molecule has 1 aromatic carbocycles. The molecule has 0 saturated carbocycles. The maximum Gasteiger partial charge on any atom is 0.155 e. The zero-order valence-electron chi connectivity index (χ0n) is 13.0. The van der Waals surface area contributed by atoms with Gasteiger partial charge in [0.2, 0.25) is 0 Å². The van der Waals surface area contributed by atoms with Crippen LogP contribution in [0.2, 0.25) is 0 Å². The summed E-state index contributed by atoms with van der Waals surface area (Å²) in [5.74, 6) is 1.61. The second kappa shape index (κ2) is 8.82. The van der Waals surface area contributed by atoms with Crippen molar-refractivity contribution in [3.63, 3.8) is 0 Å². The van der Waals surface area contributed by atoms with Crippen molar-refractivity contribution in [2.24, 2.45) is 0 Å². The fraction of sp³-hybridized carbons (Fsp3) is 0.167. The Labute approximate surface area is 153 Å². The number of carbonyl (C=O) groups is 1. The number of hydrogen-bond acceptors (Lipinski definition) is 4. The first-order valence-electron chi connectivity index (χ1n) is 6.73. The molecule has 2 heterocycles. The fourth-order valence-corrected chi connectivity index (χ4v) is 2.76. The van der Waals surface area contributed by atoms with Crippen molar-refractivity contribution in [3.8, 4) is 10.6 Å². The minimum absolute atomic E-state index is 0. The average molecular weight is 505 g/mol. The monoisotopic (exact) mass is 505 g/mol. The van der Waals surface area contributed by atoms with Crippen LogP contribution in [0.3, 0.4) is 0 Å². The molecule has 3 aromatic rings. The predicted octanol–water partition coefficient (Wildman–Crippen LogP) is 5.10. The number of thiophene rings is 1. The van der Waals surface area contributed by atoms with Crippen molar-refractivity contribution in [2.75, 3.05) is 0 Å². The maximum atomic E-state index is 10.0. The summed E-state index contributed by atoms with van der Waals surface area (Å²) in [6.07, 6.45) is 1.17. The molecule has 1 N–H and O–H groups in total. The molecule has 3 rings (SSSR count). The standard InChI is InChI=1S/C13H8OS.C5H8O2.Ir/c1-9-6-7-11(14-9)13-8-10-4-2-3-5-12(10)15-13;1-4(6)3-5(2)7;/h2-6H,1H3;3,6H,1-2H3;/q-2;;/b;4-3-;. The number of ketones is 1. The molecule has 5 heteroatoms. The van der Waals surface area contributed by atoms with E-state index in [1.165, 1.54) is 24.6 Å². The van der Waals surface area contributed by atoms with Gasteiger partial charge in [-0.1, -0.05) is 29.5 Å². The molecular formula is C18H16IrO3S-2. The molecule has 0 bridgehead atoms. The van der Waals surface area contributed by atoms with Crippen LogP contribution < -0.4 is 0 Å². The molecule has 23 heavy (non-hydrogen) atoms. The molecule has 1 radical (unpaired) electrons. The smallest absolute Gasteiger partial charge is 0.155 e. The van der Waals surface area contributed by atoms with Gasteiger partial charge < -0.3 is 9.52 Å². The predicted molar refractivity (Wildman–Crippen MR) is 89.0 cm³/mol. The minimum atomic E-state index is -0.125. The van der Waals surface area contributed by atoms with Crippen LogP contribution in [0.5, 0.6) is 0 Å². The Morgan fingerprint density at radius 2 is 2.00 bits per heavy atom. The number of fused-ring (bicyclic) bond motifs is 1. The summed E-state index contributed by atoms with van der Waals surface area (Å²) in [6.45, 7) is 4.77. The first kappa shape index (κ1) is 19.4. The molecule has 0 aliphatic rings.